The van der Waals surface area contributed by atoms with Crippen LogP contribution in [0.2, 0.25) is 0 Å². The van der Waals surface area contributed by atoms with Gasteiger partial charge < -0.3 is 20.7 Å². The third-order valence-electron chi connectivity index (χ3n) is 4.62. The number of likely N-dealkylation sites (N-methyl/N-ethyl adjacent to an activating group) is 1. The summed E-state index contributed by atoms with van der Waals surface area (Å²) in [5.41, 5.74) is 6.13. The SMILES string of the molecule is CN(C)C1(CN=C(N)NC2CCCC2)CCOCC1. The van der Waals surface area contributed by atoms with E-state index in [1.807, 2.05) is 0 Å². The van der Waals surface area contributed by atoms with Crippen molar-refractivity contribution in [1.82, 2.24) is 10.2 Å². The van der Waals surface area contributed by atoms with Crippen LogP contribution in [-0.2, 0) is 4.74 Å². The van der Waals surface area contributed by atoms with Crippen LogP contribution in [0.15, 0.2) is 4.99 Å². The molecule has 0 aromatic heterocycles. The van der Waals surface area contributed by atoms with Gasteiger partial charge in [-0.25, -0.2) is 0 Å². The standard InChI is InChI=1S/C14H28N4O/c1-18(2)14(7-9-19-10-8-14)11-16-13(15)17-12-5-3-4-6-12/h12H,3-11H2,1-2H3,(H3,15,16,17). The summed E-state index contributed by atoms with van der Waals surface area (Å²) < 4.78 is 5.47. The largest absolute Gasteiger partial charge is 0.381 e. The van der Waals surface area contributed by atoms with Crippen LogP contribution in [0.4, 0.5) is 0 Å². The second kappa shape index (κ2) is 6.57. The van der Waals surface area contributed by atoms with Crippen LogP contribution in [0.3, 0.4) is 0 Å². The highest BCUT2D eigenvalue weighted by Crippen LogP contribution is 2.26. The highest BCUT2D eigenvalue weighted by molar-refractivity contribution is 5.78. The van der Waals surface area contributed by atoms with Crippen LogP contribution in [-0.4, -0.2) is 56.3 Å². The molecule has 0 aromatic rings. The predicted octanol–water partition coefficient (Wildman–Crippen LogP) is 0.944. The van der Waals surface area contributed by atoms with Gasteiger partial charge in [-0.1, -0.05) is 12.8 Å². The number of nitrogens with two attached hydrogens (primary N) is 1. The first-order valence-corrected chi connectivity index (χ1v) is 7.44. The van der Waals surface area contributed by atoms with E-state index in [-0.39, 0.29) is 5.54 Å². The summed E-state index contributed by atoms with van der Waals surface area (Å²) in [7, 11) is 4.25. The summed E-state index contributed by atoms with van der Waals surface area (Å²) in [6, 6.07) is 0.536. The van der Waals surface area contributed by atoms with Gasteiger partial charge in [-0.3, -0.25) is 4.99 Å². The molecule has 2 aliphatic rings. The molecule has 1 heterocycles. The first kappa shape index (κ1) is 14.6. The van der Waals surface area contributed by atoms with Crippen molar-refractivity contribution in [3.8, 4) is 0 Å². The highest BCUT2D eigenvalue weighted by Gasteiger charge is 2.34. The minimum absolute atomic E-state index is 0.111. The van der Waals surface area contributed by atoms with E-state index in [4.69, 9.17) is 10.5 Å². The number of hydrogen-bond acceptors (Lipinski definition) is 3. The Labute approximate surface area is 116 Å². The number of aliphatic imine (C=N–C) groups is 1. The van der Waals surface area contributed by atoms with E-state index in [1.54, 1.807) is 0 Å². The summed E-state index contributed by atoms with van der Waals surface area (Å²) in [6.45, 7) is 2.40. The van der Waals surface area contributed by atoms with Crippen molar-refractivity contribution < 1.29 is 4.74 Å². The zero-order valence-electron chi connectivity index (χ0n) is 12.3. The van der Waals surface area contributed by atoms with Gasteiger partial charge in [0.25, 0.3) is 0 Å². The van der Waals surface area contributed by atoms with E-state index >= 15 is 0 Å². The minimum Gasteiger partial charge on any atom is -0.381 e. The van der Waals surface area contributed by atoms with Crippen LogP contribution < -0.4 is 11.1 Å². The van der Waals surface area contributed by atoms with Gasteiger partial charge >= 0.3 is 0 Å². The van der Waals surface area contributed by atoms with Gasteiger partial charge in [0, 0.05) is 24.8 Å². The fourth-order valence-corrected chi connectivity index (χ4v) is 3.06. The third-order valence-corrected chi connectivity index (χ3v) is 4.62. The molecular weight excluding hydrogens is 240 g/mol. The highest BCUT2D eigenvalue weighted by atomic mass is 16.5. The Morgan fingerprint density at radius 2 is 1.95 bits per heavy atom. The lowest BCUT2D eigenvalue weighted by molar-refractivity contribution is -0.00253. The maximum Gasteiger partial charge on any atom is 0.188 e. The molecule has 0 aromatic carbocycles. The first-order valence-electron chi connectivity index (χ1n) is 7.44. The second-order valence-electron chi connectivity index (χ2n) is 6.06. The minimum atomic E-state index is 0.111. The van der Waals surface area contributed by atoms with Crippen LogP contribution in [0.1, 0.15) is 38.5 Å². The van der Waals surface area contributed by atoms with E-state index < -0.39 is 0 Å². The lowest BCUT2D eigenvalue weighted by Gasteiger charge is -2.41. The van der Waals surface area contributed by atoms with Crippen molar-refractivity contribution in [1.29, 1.82) is 0 Å². The smallest absolute Gasteiger partial charge is 0.188 e. The number of ether oxygens (including phenoxy) is 1. The quantitative estimate of drug-likeness (QED) is 0.588. The Morgan fingerprint density at radius 1 is 1.32 bits per heavy atom. The number of nitrogens with zero attached hydrogens (tertiary/aromatic N) is 2. The van der Waals surface area contributed by atoms with Crippen molar-refractivity contribution >= 4 is 5.96 Å². The molecular formula is C14H28N4O. The van der Waals surface area contributed by atoms with Gasteiger partial charge in [0.05, 0.1) is 6.54 Å². The molecule has 0 bridgehead atoms. The Hall–Kier alpha value is -0.810. The molecule has 110 valence electrons. The topological polar surface area (TPSA) is 62.9 Å². The van der Waals surface area contributed by atoms with Crippen molar-refractivity contribution in [2.75, 3.05) is 33.9 Å². The summed E-state index contributed by atoms with van der Waals surface area (Å²) >= 11 is 0. The molecule has 0 radical (unpaired) electrons. The molecule has 0 unspecified atom stereocenters. The first-order chi connectivity index (χ1) is 9.12. The number of guanidine groups is 1. The number of rotatable bonds is 4. The molecule has 2 rings (SSSR count). The molecule has 5 nitrogen and oxygen atoms in total. The van der Waals surface area contributed by atoms with Crippen molar-refractivity contribution in [2.45, 2.75) is 50.1 Å². The summed E-state index contributed by atoms with van der Waals surface area (Å²) in [4.78, 5) is 6.87. The fourth-order valence-electron chi connectivity index (χ4n) is 3.06. The average Bonchev–Trinajstić information content (AvgIpc) is 2.90. The van der Waals surface area contributed by atoms with E-state index in [0.717, 1.165) is 32.6 Å². The normalized spacial score (nSPS) is 24.9. The molecule has 3 N–H and O–H groups in total. The Bertz CT molecular complexity index is 305. The Balaban J connectivity index is 1.89. The van der Waals surface area contributed by atoms with Crippen LogP contribution >= 0.6 is 0 Å². The second-order valence-corrected chi connectivity index (χ2v) is 6.06. The van der Waals surface area contributed by atoms with E-state index in [2.05, 4.69) is 29.3 Å². The molecule has 2 fully saturated rings. The third kappa shape index (κ3) is 3.83. The van der Waals surface area contributed by atoms with E-state index in [1.165, 1.54) is 25.7 Å². The summed E-state index contributed by atoms with van der Waals surface area (Å²) in [6.07, 6.45) is 7.13. The maximum atomic E-state index is 6.02. The molecule has 1 aliphatic carbocycles. The van der Waals surface area contributed by atoms with Gasteiger partial charge in [0.1, 0.15) is 0 Å². The van der Waals surface area contributed by atoms with E-state index in [9.17, 15) is 0 Å². The van der Waals surface area contributed by atoms with Gasteiger partial charge in [0.2, 0.25) is 0 Å². The molecule has 1 aliphatic heterocycles. The van der Waals surface area contributed by atoms with Gasteiger partial charge in [0.15, 0.2) is 5.96 Å². The molecule has 0 atom stereocenters. The number of hydrogen-bond donors (Lipinski definition) is 2. The number of nitrogens with one attached hydrogen (secondary N) is 1. The van der Waals surface area contributed by atoms with Crippen LogP contribution in [0, 0.1) is 0 Å². The van der Waals surface area contributed by atoms with Crippen molar-refractivity contribution in [3.05, 3.63) is 0 Å². The lowest BCUT2D eigenvalue weighted by atomic mass is 9.89. The van der Waals surface area contributed by atoms with Crippen molar-refractivity contribution in [3.63, 3.8) is 0 Å². The average molecular weight is 268 g/mol. The molecule has 1 saturated heterocycles. The monoisotopic (exact) mass is 268 g/mol. The van der Waals surface area contributed by atoms with Gasteiger partial charge in [-0.05, 0) is 39.8 Å². The maximum absolute atomic E-state index is 6.02. The summed E-state index contributed by atoms with van der Waals surface area (Å²) in [5, 5.41) is 3.35. The Kier molecular flexibility index (Phi) is 5.05. The zero-order valence-corrected chi connectivity index (χ0v) is 12.3. The van der Waals surface area contributed by atoms with Gasteiger partial charge in [-0.2, -0.15) is 0 Å². The molecule has 1 saturated carbocycles. The van der Waals surface area contributed by atoms with E-state index in [0.29, 0.717) is 12.0 Å². The zero-order chi connectivity index (χ0) is 13.7. The molecule has 5 heteroatoms. The molecule has 0 spiro atoms. The summed E-state index contributed by atoms with van der Waals surface area (Å²) in [5.74, 6) is 0.611. The molecule has 19 heavy (non-hydrogen) atoms. The van der Waals surface area contributed by atoms with Gasteiger partial charge in [-0.15, -0.1) is 0 Å². The van der Waals surface area contributed by atoms with Crippen LogP contribution in [0.5, 0.6) is 0 Å². The fraction of sp³-hybridized carbons (Fsp3) is 0.929. The Morgan fingerprint density at radius 3 is 2.53 bits per heavy atom. The van der Waals surface area contributed by atoms with Crippen molar-refractivity contribution in [2.24, 2.45) is 10.7 Å². The van der Waals surface area contributed by atoms with Crippen LogP contribution in [0.25, 0.3) is 0 Å². The lowest BCUT2D eigenvalue weighted by Crippen LogP contribution is -2.51. The predicted molar refractivity (Wildman–Crippen MR) is 78.4 cm³/mol. The molecule has 0 amide bonds.